The van der Waals surface area contributed by atoms with Crippen molar-refractivity contribution in [3.05, 3.63) is 0 Å². The summed E-state index contributed by atoms with van der Waals surface area (Å²) in [6.45, 7) is 8.55. The normalized spacial score (nSPS) is 35.5. The van der Waals surface area contributed by atoms with Gasteiger partial charge in [-0.25, -0.2) is 0 Å². The van der Waals surface area contributed by atoms with Gasteiger partial charge in [0.2, 0.25) is 0 Å². The van der Waals surface area contributed by atoms with Crippen molar-refractivity contribution in [3.63, 3.8) is 0 Å². The molecular formula is C15H30N2O. The van der Waals surface area contributed by atoms with Crippen molar-refractivity contribution < 1.29 is 5.11 Å². The topological polar surface area (TPSA) is 49.5 Å². The maximum Gasteiger partial charge on any atom is 0.0700 e. The van der Waals surface area contributed by atoms with Crippen molar-refractivity contribution in [2.45, 2.75) is 51.6 Å². The Morgan fingerprint density at radius 1 is 1.33 bits per heavy atom. The third-order valence-corrected chi connectivity index (χ3v) is 5.25. The maximum atomic E-state index is 10.7. The van der Waals surface area contributed by atoms with Crippen LogP contribution in [-0.4, -0.2) is 41.8 Å². The molecular weight excluding hydrogens is 224 g/mol. The zero-order valence-electron chi connectivity index (χ0n) is 12.1. The molecule has 3 N–H and O–H groups in total. The molecule has 0 aromatic rings. The van der Waals surface area contributed by atoms with Gasteiger partial charge in [-0.15, -0.1) is 0 Å². The zero-order chi connectivity index (χ0) is 13.2. The minimum Gasteiger partial charge on any atom is -0.390 e. The Morgan fingerprint density at radius 3 is 2.78 bits per heavy atom. The third kappa shape index (κ3) is 3.06. The monoisotopic (exact) mass is 254 g/mol. The lowest BCUT2D eigenvalue weighted by atomic mass is 9.71. The van der Waals surface area contributed by atoms with E-state index in [1.54, 1.807) is 0 Å². The molecule has 0 aromatic heterocycles. The van der Waals surface area contributed by atoms with E-state index in [1.165, 1.54) is 19.3 Å². The average molecular weight is 254 g/mol. The Hall–Kier alpha value is -0.120. The summed E-state index contributed by atoms with van der Waals surface area (Å²) in [6.07, 6.45) is 5.71. The minimum absolute atomic E-state index is 0.342. The van der Waals surface area contributed by atoms with E-state index in [-0.39, 0.29) is 5.60 Å². The highest BCUT2D eigenvalue weighted by Crippen LogP contribution is 2.39. The van der Waals surface area contributed by atoms with Crippen LogP contribution in [-0.2, 0) is 0 Å². The smallest absolute Gasteiger partial charge is 0.0700 e. The fourth-order valence-corrected chi connectivity index (χ4v) is 3.69. The number of nitrogens with two attached hydrogens (primary N) is 1. The van der Waals surface area contributed by atoms with Crippen LogP contribution in [0.2, 0.25) is 0 Å². The Labute approximate surface area is 112 Å². The summed E-state index contributed by atoms with van der Waals surface area (Å²) in [6, 6.07) is 0. The van der Waals surface area contributed by atoms with Gasteiger partial charge in [0.05, 0.1) is 5.60 Å². The second-order valence-corrected chi connectivity index (χ2v) is 6.80. The first kappa shape index (κ1) is 14.3. The van der Waals surface area contributed by atoms with Crippen LogP contribution in [0.5, 0.6) is 0 Å². The van der Waals surface area contributed by atoms with Crippen LogP contribution < -0.4 is 5.73 Å². The summed E-state index contributed by atoms with van der Waals surface area (Å²) in [5, 5.41) is 10.7. The highest BCUT2D eigenvalue weighted by molar-refractivity contribution is 4.95. The highest BCUT2D eigenvalue weighted by atomic mass is 16.3. The average Bonchev–Trinajstić information content (AvgIpc) is 2.35. The molecule has 2 aliphatic rings. The highest BCUT2D eigenvalue weighted by Gasteiger charge is 2.42. The Balaban J connectivity index is 1.90. The quantitative estimate of drug-likeness (QED) is 0.805. The van der Waals surface area contributed by atoms with Crippen LogP contribution in [0, 0.1) is 17.8 Å². The van der Waals surface area contributed by atoms with Crippen molar-refractivity contribution in [1.29, 1.82) is 0 Å². The number of likely N-dealkylation sites (tertiary alicyclic amines) is 1. The van der Waals surface area contributed by atoms with Crippen LogP contribution in [0.25, 0.3) is 0 Å². The van der Waals surface area contributed by atoms with Gasteiger partial charge < -0.3 is 15.7 Å². The molecule has 2 fully saturated rings. The number of hydrogen-bond acceptors (Lipinski definition) is 3. The van der Waals surface area contributed by atoms with Gasteiger partial charge in [-0.1, -0.05) is 26.7 Å². The van der Waals surface area contributed by atoms with Crippen molar-refractivity contribution in [1.82, 2.24) is 4.90 Å². The van der Waals surface area contributed by atoms with Gasteiger partial charge in [0.25, 0.3) is 0 Å². The molecule has 3 atom stereocenters. The van der Waals surface area contributed by atoms with Gasteiger partial charge in [0.1, 0.15) is 0 Å². The second-order valence-electron chi connectivity index (χ2n) is 6.80. The first-order chi connectivity index (χ1) is 8.55. The number of aliphatic hydroxyl groups is 1. The first-order valence-electron chi connectivity index (χ1n) is 7.70. The molecule has 3 unspecified atom stereocenters. The van der Waals surface area contributed by atoms with Crippen LogP contribution in [0.1, 0.15) is 46.0 Å². The summed E-state index contributed by atoms with van der Waals surface area (Å²) in [7, 11) is 0. The fourth-order valence-electron chi connectivity index (χ4n) is 3.69. The van der Waals surface area contributed by atoms with E-state index in [2.05, 4.69) is 18.7 Å². The van der Waals surface area contributed by atoms with Crippen molar-refractivity contribution in [3.8, 4) is 0 Å². The summed E-state index contributed by atoms with van der Waals surface area (Å²) < 4.78 is 0. The van der Waals surface area contributed by atoms with E-state index in [4.69, 9.17) is 5.73 Å². The predicted octanol–water partition coefficient (Wildman–Crippen LogP) is 1.84. The molecule has 18 heavy (non-hydrogen) atoms. The second kappa shape index (κ2) is 5.89. The first-order valence-corrected chi connectivity index (χ1v) is 7.70. The fraction of sp³-hybridized carbons (Fsp3) is 1.00. The SMILES string of the molecule is CC(C)C(CN)CN1CCC2(O)CCCCC2C1. The summed E-state index contributed by atoms with van der Waals surface area (Å²) >= 11 is 0. The Bertz CT molecular complexity index is 269. The van der Waals surface area contributed by atoms with Crippen LogP contribution >= 0.6 is 0 Å². The van der Waals surface area contributed by atoms with Gasteiger partial charge >= 0.3 is 0 Å². The molecule has 2 rings (SSSR count). The molecule has 0 amide bonds. The molecule has 1 aliphatic heterocycles. The molecule has 0 radical (unpaired) electrons. The molecule has 106 valence electrons. The number of nitrogens with zero attached hydrogens (tertiary/aromatic N) is 1. The summed E-state index contributed by atoms with van der Waals surface area (Å²) in [5.41, 5.74) is 5.53. The molecule has 0 bridgehead atoms. The predicted molar refractivity (Wildman–Crippen MR) is 75.3 cm³/mol. The summed E-state index contributed by atoms with van der Waals surface area (Å²) in [4.78, 5) is 2.54. The van der Waals surface area contributed by atoms with Crippen LogP contribution in [0.4, 0.5) is 0 Å². The third-order valence-electron chi connectivity index (χ3n) is 5.25. The van der Waals surface area contributed by atoms with Gasteiger partial charge in [-0.05, 0) is 37.6 Å². The standard InChI is InChI=1S/C15H30N2O/c1-12(2)13(9-16)10-17-8-7-15(18)6-4-3-5-14(15)11-17/h12-14,18H,3-11,16H2,1-2H3. The van der Waals surface area contributed by atoms with Gasteiger partial charge in [0.15, 0.2) is 0 Å². The van der Waals surface area contributed by atoms with Crippen molar-refractivity contribution in [2.75, 3.05) is 26.2 Å². The molecule has 0 spiro atoms. The number of rotatable bonds is 4. The Kier molecular flexibility index (Phi) is 4.68. The molecule has 3 heteroatoms. The maximum absolute atomic E-state index is 10.7. The molecule has 1 saturated heterocycles. The van der Waals surface area contributed by atoms with Crippen molar-refractivity contribution >= 4 is 0 Å². The lowest BCUT2D eigenvalue weighted by molar-refractivity contribution is -0.0977. The minimum atomic E-state index is -0.342. The number of hydrogen-bond donors (Lipinski definition) is 2. The zero-order valence-corrected chi connectivity index (χ0v) is 12.1. The van der Waals surface area contributed by atoms with Gasteiger partial charge in [0, 0.05) is 25.6 Å². The Morgan fingerprint density at radius 2 is 2.11 bits per heavy atom. The number of piperidine rings is 1. The molecule has 0 aromatic carbocycles. The van der Waals surface area contributed by atoms with Gasteiger partial charge in [-0.2, -0.15) is 0 Å². The molecule has 1 aliphatic carbocycles. The van der Waals surface area contributed by atoms with Crippen LogP contribution in [0.15, 0.2) is 0 Å². The van der Waals surface area contributed by atoms with Crippen molar-refractivity contribution in [2.24, 2.45) is 23.5 Å². The van der Waals surface area contributed by atoms with E-state index in [0.29, 0.717) is 17.8 Å². The van der Waals surface area contributed by atoms with E-state index in [1.807, 2.05) is 0 Å². The lowest BCUT2D eigenvalue weighted by Gasteiger charge is -2.48. The van der Waals surface area contributed by atoms with E-state index in [9.17, 15) is 5.11 Å². The molecule has 1 heterocycles. The lowest BCUT2D eigenvalue weighted by Crippen LogP contribution is -2.54. The van der Waals surface area contributed by atoms with E-state index in [0.717, 1.165) is 39.0 Å². The largest absolute Gasteiger partial charge is 0.390 e. The van der Waals surface area contributed by atoms with E-state index >= 15 is 0 Å². The molecule has 1 saturated carbocycles. The summed E-state index contributed by atoms with van der Waals surface area (Å²) in [5.74, 6) is 1.76. The van der Waals surface area contributed by atoms with Crippen LogP contribution in [0.3, 0.4) is 0 Å². The van der Waals surface area contributed by atoms with E-state index < -0.39 is 0 Å². The van der Waals surface area contributed by atoms with Gasteiger partial charge in [-0.3, -0.25) is 0 Å². The number of fused-ring (bicyclic) bond motifs is 1. The molecule has 3 nitrogen and oxygen atoms in total.